The Morgan fingerprint density at radius 3 is 2.08 bits per heavy atom. The Morgan fingerprint density at radius 2 is 1.54 bits per heavy atom. The third kappa shape index (κ3) is 3.90. The number of carbonyl (C=O) groups excluding carboxylic acids is 2. The molecule has 0 saturated heterocycles. The highest BCUT2D eigenvalue weighted by molar-refractivity contribution is 6.01. The van der Waals surface area contributed by atoms with E-state index in [0.29, 0.717) is 11.3 Å². The van der Waals surface area contributed by atoms with Crippen LogP contribution < -0.4 is 9.47 Å². The maximum absolute atomic E-state index is 13.9. The van der Waals surface area contributed by atoms with Crippen LogP contribution in [-0.2, 0) is 4.74 Å². The quantitative estimate of drug-likeness (QED) is 0.600. The molecule has 6 heteroatoms. The molecule has 0 bridgehead atoms. The largest absolute Gasteiger partial charge is 0.497 e. The molecule has 1 atom stereocenters. The van der Waals surface area contributed by atoms with Crippen molar-refractivity contribution in [2.45, 2.75) is 13.0 Å². The summed E-state index contributed by atoms with van der Waals surface area (Å²) in [5.74, 6) is -1.18. The molecule has 2 aromatic carbocycles. The third-order valence-corrected chi connectivity index (χ3v) is 3.42. The molecule has 0 aliphatic rings. The van der Waals surface area contributed by atoms with Gasteiger partial charge in [-0.3, -0.25) is 4.79 Å². The number of halogens is 1. The normalized spacial score (nSPS) is 11.5. The Balaban J connectivity index is 2.08. The number of carbonyl (C=O) groups is 2. The topological polar surface area (TPSA) is 61.8 Å². The van der Waals surface area contributed by atoms with Crippen molar-refractivity contribution in [2.75, 3.05) is 14.2 Å². The van der Waals surface area contributed by atoms with Crippen LogP contribution in [-0.4, -0.2) is 32.1 Å². The van der Waals surface area contributed by atoms with Crippen LogP contribution in [0.2, 0.25) is 0 Å². The standard InChI is InChI=1S/C18H17FO5/c1-11(17(20)12-4-6-13(22-2)7-5-12)24-18(21)15-9-8-14(23-3)10-16(15)19/h4-11H,1-3H3/t11-/m0/s1. The van der Waals surface area contributed by atoms with Gasteiger partial charge in [0.25, 0.3) is 0 Å². The zero-order valence-corrected chi connectivity index (χ0v) is 13.5. The van der Waals surface area contributed by atoms with E-state index in [1.165, 1.54) is 33.3 Å². The average molecular weight is 332 g/mol. The molecule has 2 rings (SSSR count). The Kier molecular flexibility index (Phi) is 5.52. The maximum atomic E-state index is 13.9. The molecule has 24 heavy (non-hydrogen) atoms. The number of esters is 1. The Labute approximate surface area is 139 Å². The van der Waals surface area contributed by atoms with Gasteiger partial charge in [0.1, 0.15) is 17.3 Å². The highest BCUT2D eigenvalue weighted by atomic mass is 19.1. The van der Waals surface area contributed by atoms with Crippen molar-refractivity contribution in [2.24, 2.45) is 0 Å². The highest BCUT2D eigenvalue weighted by Gasteiger charge is 2.22. The summed E-state index contributed by atoms with van der Waals surface area (Å²) in [6.07, 6.45) is -1.05. The minimum absolute atomic E-state index is 0.259. The highest BCUT2D eigenvalue weighted by Crippen LogP contribution is 2.19. The Morgan fingerprint density at radius 1 is 0.958 bits per heavy atom. The van der Waals surface area contributed by atoms with Gasteiger partial charge >= 0.3 is 5.97 Å². The monoisotopic (exact) mass is 332 g/mol. The van der Waals surface area contributed by atoms with Crippen molar-refractivity contribution >= 4 is 11.8 Å². The number of Topliss-reactive ketones (excluding diaryl/α,β-unsaturated/α-hetero) is 1. The van der Waals surface area contributed by atoms with Crippen LogP contribution in [0, 0.1) is 5.82 Å². The molecule has 126 valence electrons. The van der Waals surface area contributed by atoms with Crippen LogP contribution in [0.5, 0.6) is 11.5 Å². The summed E-state index contributed by atoms with van der Waals surface area (Å²) in [5, 5.41) is 0. The maximum Gasteiger partial charge on any atom is 0.341 e. The summed E-state index contributed by atoms with van der Waals surface area (Å²) in [5.41, 5.74) is 0.108. The molecule has 5 nitrogen and oxygen atoms in total. The number of benzene rings is 2. The lowest BCUT2D eigenvalue weighted by atomic mass is 10.1. The van der Waals surface area contributed by atoms with Crippen LogP contribution in [0.4, 0.5) is 4.39 Å². The van der Waals surface area contributed by atoms with Gasteiger partial charge in [-0.15, -0.1) is 0 Å². The molecule has 0 heterocycles. The predicted octanol–water partition coefficient (Wildman–Crippen LogP) is 3.27. The first kappa shape index (κ1) is 17.5. The Hall–Kier alpha value is -2.89. The summed E-state index contributed by atoms with van der Waals surface area (Å²) >= 11 is 0. The van der Waals surface area contributed by atoms with Gasteiger partial charge in [0.2, 0.25) is 5.78 Å². The summed E-state index contributed by atoms with van der Waals surface area (Å²) in [7, 11) is 2.91. The van der Waals surface area contributed by atoms with Crippen LogP contribution in [0.1, 0.15) is 27.6 Å². The van der Waals surface area contributed by atoms with E-state index < -0.39 is 17.9 Å². The van der Waals surface area contributed by atoms with Gasteiger partial charge in [-0.05, 0) is 43.3 Å². The summed E-state index contributed by atoms with van der Waals surface area (Å²) in [4.78, 5) is 24.3. The van der Waals surface area contributed by atoms with Gasteiger partial charge in [0.05, 0.1) is 19.8 Å². The molecule has 0 saturated carbocycles. The minimum atomic E-state index is -1.05. The van der Waals surface area contributed by atoms with Crippen LogP contribution >= 0.6 is 0 Å². The van der Waals surface area contributed by atoms with Gasteiger partial charge in [-0.25, -0.2) is 9.18 Å². The van der Waals surface area contributed by atoms with Crippen molar-refractivity contribution in [3.8, 4) is 11.5 Å². The van der Waals surface area contributed by atoms with E-state index in [9.17, 15) is 14.0 Å². The van der Waals surface area contributed by atoms with Gasteiger partial charge in [0, 0.05) is 11.6 Å². The molecule has 0 aliphatic carbocycles. The number of ether oxygens (including phenoxy) is 3. The first-order chi connectivity index (χ1) is 11.5. The van der Waals surface area contributed by atoms with Gasteiger partial charge in [0.15, 0.2) is 6.10 Å². The molecule has 2 aromatic rings. The van der Waals surface area contributed by atoms with Crippen LogP contribution in [0.25, 0.3) is 0 Å². The van der Waals surface area contributed by atoms with Crippen molar-refractivity contribution in [3.63, 3.8) is 0 Å². The van der Waals surface area contributed by atoms with E-state index in [2.05, 4.69) is 0 Å². The summed E-state index contributed by atoms with van der Waals surface area (Å²) in [6.45, 7) is 1.44. The van der Waals surface area contributed by atoms with Gasteiger partial charge < -0.3 is 14.2 Å². The molecular weight excluding hydrogens is 315 g/mol. The lowest BCUT2D eigenvalue weighted by molar-refractivity contribution is 0.0314. The van der Waals surface area contributed by atoms with Gasteiger partial charge in [-0.2, -0.15) is 0 Å². The Bertz CT molecular complexity index is 740. The number of hydrogen-bond acceptors (Lipinski definition) is 5. The van der Waals surface area contributed by atoms with E-state index in [0.717, 1.165) is 6.07 Å². The molecule has 0 radical (unpaired) electrons. The average Bonchev–Trinajstić information content (AvgIpc) is 2.60. The summed E-state index contributed by atoms with van der Waals surface area (Å²) in [6, 6.07) is 10.2. The fraction of sp³-hybridized carbons (Fsp3) is 0.222. The fourth-order valence-corrected chi connectivity index (χ4v) is 2.06. The van der Waals surface area contributed by atoms with Crippen molar-refractivity contribution < 1.29 is 28.2 Å². The van der Waals surface area contributed by atoms with Crippen molar-refractivity contribution in [1.29, 1.82) is 0 Å². The number of hydrogen-bond donors (Lipinski definition) is 0. The van der Waals surface area contributed by atoms with E-state index >= 15 is 0 Å². The second-order valence-electron chi connectivity index (χ2n) is 4.99. The van der Waals surface area contributed by atoms with E-state index in [1.54, 1.807) is 24.3 Å². The second-order valence-corrected chi connectivity index (χ2v) is 4.99. The van der Waals surface area contributed by atoms with Gasteiger partial charge in [-0.1, -0.05) is 0 Å². The molecule has 0 aromatic heterocycles. The first-order valence-corrected chi connectivity index (χ1v) is 7.19. The van der Waals surface area contributed by atoms with E-state index in [-0.39, 0.29) is 17.1 Å². The lowest BCUT2D eigenvalue weighted by Gasteiger charge is -2.13. The molecule has 0 N–H and O–H groups in total. The smallest absolute Gasteiger partial charge is 0.341 e. The predicted molar refractivity (Wildman–Crippen MR) is 85.2 cm³/mol. The van der Waals surface area contributed by atoms with Crippen molar-refractivity contribution in [3.05, 3.63) is 59.4 Å². The third-order valence-electron chi connectivity index (χ3n) is 3.42. The van der Waals surface area contributed by atoms with Crippen molar-refractivity contribution in [1.82, 2.24) is 0 Å². The SMILES string of the molecule is COc1ccc(C(=O)[C@H](C)OC(=O)c2ccc(OC)cc2F)cc1. The molecule has 0 fully saturated rings. The molecule has 0 aliphatic heterocycles. The lowest BCUT2D eigenvalue weighted by Crippen LogP contribution is -2.24. The fourth-order valence-electron chi connectivity index (χ4n) is 2.06. The number of ketones is 1. The molecule has 0 spiro atoms. The van der Waals surface area contributed by atoms with E-state index in [1.807, 2.05) is 0 Å². The zero-order valence-electron chi connectivity index (χ0n) is 13.5. The number of methoxy groups -OCH3 is 2. The van der Waals surface area contributed by atoms with Crippen LogP contribution in [0.15, 0.2) is 42.5 Å². The van der Waals surface area contributed by atoms with Crippen LogP contribution in [0.3, 0.4) is 0 Å². The number of rotatable bonds is 6. The molecular formula is C18H17FO5. The zero-order chi connectivity index (χ0) is 17.7. The molecule has 0 amide bonds. The van der Waals surface area contributed by atoms with E-state index in [4.69, 9.17) is 14.2 Å². The first-order valence-electron chi connectivity index (χ1n) is 7.19. The minimum Gasteiger partial charge on any atom is -0.497 e. The molecule has 0 unspecified atom stereocenters. The summed E-state index contributed by atoms with van der Waals surface area (Å²) < 4.78 is 28.8. The second kappa shape index (κ2) is 7.59.